The van der Waals surface area contributed by atoms with Gasteiger partial charge in [-0.25, -0.2) is 9.07 Å². The molecule has 0 unspecified atom stereocenters. The second-order valence-corrected chi connectivity index (χ2v) is 6.86. The number of nitrogens with zero attached hydrogens (tertiary/aromatic N) is 2. The molecule has 1 amide bonds. The highest BCUT2D eigenvalue weighted by molar-refractivity contribution is 6.30. The molecule has 4 nitrogen and oxygen atoms in total. The topological polar surface area (TPSA) is 46.9 Å². The summed E-state index contributed by atoms with van der Waals surface area (Å²) in [5.74, 6) is -0.824. The lowest BCUT2D eigenvalue weighted by atomic mass is 10.0. The Kier molecular flexibility index (Phi) is 5.09. The smallest absolute Gasteiger partial charge is 0.259 e. The third-order valence-electron chi connectivity index (χ3n) is 4.04. The number of aromatic nitrogens is 2. The van der Waals surface area contributed by atoms with Crippen LogP contribution in [0.1, 0.15) is 41.4 Å². The molecule has 3 rings (SSSR count). The molecule has 1 aromatic heterocycles. The van der Waals surface area contributed by atoms with E-state index < -0.39 is 11.7 Å². The van der Waals surface area contributed by atoms with Gasteiger partial charge in [-0.3, -0.25) is 4.79 Å². The van der Waals surface area contributed by atoms with Gasteiger partial charge in [0.15, 0.2) is 0 Å². The standard InChI is InChI=1S/C20H19ClFN3O/c1-12(2)19-16(11-23-25(19)15-7-5-14(21)6-8-15)20(26)24-18-10-13(3)4-9-17(18)22/h4-12H,1-3H3,(H,24,26). The van der Waals surface area contributed by atoms with Crippen molar-refractivity contribution in [2.24, 2.45) is 0 Å². The number of carbonyl (C=O) groups excluding carboxylic acids is 1. The number of nitrogens with one attached hydrogen (secondary N) is 1. The van der Waals surface area contributed by atoms with Gasteiger partial charge in [-0.1, -0.05) is 31.5 Å². The van der Waals surface area contributed by atoms with Gasteiger partial charge in [-0.2, -0.15) is 5.10 Å². The summed E-state index contributed by atoms with van der Waals surface area (Å²) in [4.78, 5) is 12.7. The van der Waals surface area contributed by atoms with E-state index in [1.165, 1.54) is 12.3 Å². The number of halogens is 2. The monoisotopic (exact) mass is 371 g/mol. The summed E-state index contributed by atoms with van der Waals surface area (Å²) in [7, 11) is 0. The van der Waals surface area contributed by atoms with Crippen molar-refractivity contribution in [1.82, 2.24) is 9.78 Å². The highest BCUT2D eigenvalue weighted by Gasteiger charge is 2.21. The molecule has 0 aliphatic rings. The molecule has 134 valence electrons. The Labute approximate surface area is 156 Å². The van der Waals surface area contributed by atoms with Gasteiger partial charge in [-0.15, -0.1) is 0 Å². The first kappa shape index (κ1) is 18.1. The van der Waals surface area contributed by atoms with E-state index in [1.807, 2.05) is 32.9 Å². The van der Waals surface area contributed by atoms with E-state index in [0.29, 0.717) is 10.6 Å². The van der Waals surface area contributed by atoms with Crippen molar-refractivity contribution in [1.29, 1.82) is 0 Å². The predicted octanol–water partition coefficient (Wildman–Crippen LogP) is 5.35. The molecule has 1 heterocycles. The molecular formula is C20H19ClFN3O. The molecule has 0 fully saturated rings. The average Bonchev–Trinajstić information content (AvgIpc) is 3.04. The second-order valence-electron chi connectivity index (χ2n) is 6.42. The molecule has 0 bridgehead atoms. The third kappa shape index (κ3) is 3.63. The fraction of sp³-hybridized carbons (Fsp3) is 0.200. The van der Waals surface area contributed by atoms with Crippen molar-refractivity contribution in [3.63, 3.8) is 0 Å². The van der Waals surface area contributed by atoms with Crippen LogP contribution >= 0.6 is 11.6 Å². The summed E-state index contributed by atoms with van der Waals surface area (Å²) >= 11 is 5.95. The van der Waals surface area contributed by atoms with Crippen LogP contribution in [0, 0.1) is 12.7 Å². The highest BCUT2D eigenvalue weighted by Crippen LogP contribution is 2.25. The zero-order valence-electron chi connectivity index (χ0n) is 14.8. The van der Waals surface area contributed by atoms with E-state index in [0.717, 1.165) is 16.9 Å². The zero-order valence-corrected chi connectivity index (χ0v) is 15.5. The molecule has 0 radical (unpaired) electrons. The second kappa shape index (κ2) is 7.30. The molecule has 0 spiro atoms. The molecule has 3 aromatic rings. The van der Waals surface area contributed by atoms with Gasteiger partial charge in [0.25, 0.3) is 5.91 Å². The molecular weight excluding hydrogens is 353 g/mol. The first-order valence-electron chi connectivity index (χ1n) is 8.28. The maximum absolute atomic E-state index is 14.0. The van der Waals surface area contributed by atoms with Crippen LogP contribution in [0.4, 0.5) is 10.1 Å². The van der Waals surface area contributed by atoms with Crippen LogP contribution in [0.15, 0.2) is 48.7 Å². The van der Waals surface area contributed by atoms with Crippen LogP contribution in [0.25, 0.3) is 5.69 Å². The zero-order chi connectivity index (χ0) is 18.8. The van der Waals surface area contributed by atoms with Crippen molar-refractivity contribution in [3.8, 4) is 5.69 Å². The van der Waals surface area contributed by atoms with Gasteiger partial charge in [0.2, 0.25) is 0 Å². The maximum Gasteiger partial charge on any atom is 0.259 e. The lowest BCUT2D eigenvalue weighted by molar-refractivity contribution is 0.102. The van der Waals surface area contributed by atoms with Gasteiger partial charge in [0, 0.05) is 5.02 Å². The van der Waals surface area contributed by atoms with E-state index in [2.05, 4.69) is 10.4 Å². The van der Waals surface area contributed by atoms with Gasteiger partial charge < -0.3 is 5.32 Å². The number of hydrogen-bond acceptors (Lipinski definition) is 2. The summed E-state index contributed by atoms with van der Waals surface area (Å²) < 4.78 is 15.7. The SMILES string of the molecule is Cc1ccc(F)c(NC(=O)c2cnn(-c3ccc(Cl)cc3)c2C(C)C)c1. The first-order valence-corrected chi connectivity index (χ1v) is 8.66. The largest absolute Gasteiger partial charge is 0.319 e. The molecule has 0 aliphatic carbocycles. The van der Waals surface area contributed by atoms with Crippen molar-refractivity contribution >= 4 is 23.2 Å². The van der Waals surface area contributed by atoms with E-state index in [1.54, 1.807) is 28.9 Å². The van der Waals surface area contributed by atoms with Crippen LogP contribution in [0.2, 0.25) is 5.02 Å². The number of aryl methyl sites for hydroxylation is 1. The quantitative estimate of drug-likeness (QED) is 0.672. The van der Waals surface area contributed by atoms with Crippen LogP contribution < -0.4 is 5.32 Å². The molecule has 2 aromatic carbocycles. The van der Waals surface area contributed by atoms with E-state index in [9.17, 15) is 9.18 Å². The Morgan fingerprint density at radius 3 is 2.54 bits per heavy atom. The number of benzene rings is 2. The summed E-state index contributed by atoms with van der Waals surface area (Å²) in [6.45, 7) is 5.80. The number of rotatable bonds is 4. The van der Waals surface area contributed by atoms with Crippen LogP contribution in [-0.2, 0) is 0 Å². The normalized spacial score (nSPS) is 11.0. The maximum atomic E-state index is 14.0. The lowest BCUT2D eigenvalue weighted by Crippen LogP contribution is -2.16. The fourth-order valence-corrected chi connectivity index (χ4v) is 2.93. The van der Waals surface area contributed by atoms with E-state index in [-0.39, 0.29) is 11.6 Å². The molecule has 0 saturated heterocycles. The minimum absolute atomic E-state index is 0.0382. The molecule has 0 aliphatic heterocycles. The summed E-state index contributed by atoms with van der Waals surface area (Å²) in [6, 6.07) is 11.8. The molecule has 0 atom stereocenters. The molecule has 1 N–H and O–H groups in total. The van der Waals surface area contributed by atoms with Crippen molar-refractivity contribution in [3.05, 3.63) is 76.3 Å². The van der Waals surface area contributed by atoms with Crippen LogP contribution in [0.5, 0.6) is 0 Å². The Morgan fingerprint density at radius 1 is 1.19 bits per heavy atom. The Hall–Kier alpha value is -2.66. The summed E-state index contributed by atoms with van der Waals surface area (Å²) in [6.07, 6.45) is 1.51. The van der Waals surface area contributed by atoms with Crippen molar-refractivity contribution in [2.45, 2.75) is 26.7 Å². The molecule has 6 heteroatoms. The summed E-state index contributed by atoms with van der Waals surface area (Å²) in [5, 5.41) is 7.63. The highest BCUT2D eigenvalue weighted by atomic mass is 35.5. The van der Waals surface area contributed by atoms with Gasteiger partial charge >= 0.3 is 0 Å². The van der Waals surface area contributed by atoms with Crippen LogP contribution in [0.3, 0.4) is 0 Å². The molecule has 0 saturated carbocycles. The lowest BCUT2D eigenvalue weighted by Gasteiger charge is -2.13. The Bertz CT molecular complexity index is 948. The fourth-order valence-electron chi connectivity index (χ4n) is 2.80. The number of hydrogen-bond donors (Lipinski definition) is 1. The number of amides is 1. The minimum Gasteiger partial charge on any atom is -0.319 e. The van der Waals surface area contributed by atoms with E-state index >= 15 is 0 Å². The van der Waals surface area contributed by atoms with Gasteiger partial charge in [-0.05, 0) is 54.8 Å². The Balaban J connectivity index is 1.98. The van der Waals surface area contributed by atoms with Gasteiger partial charge in [0.05, 0.1) is 28.8 Å². The summed E-state index contributed by atoms with van der Waals surface area (Å²) in [5.41, 5.74) is 2.99. The van der Waals surface area contributed by atoms with E-state index in [4.69, 9.17) is 11.6 Å². The van der Waals surface area contributed by atoms with Crippen molar-refractivity contribution < 1.29 is 9.18 Å². The first-order chi connectivity index (χ1) is 12.4. The third-order valence-corrected chi connectivity index (χ3v) is 4.29. The number of anilines is 1. The van der Waals surface area contributed by atoms with Crippen LogP contribution in [-0.4, -0.2) is 15.7 Å². The Morgan fingerprint density at radius 2 is 1.88 bits per heavy atom. The number of carbonyl (C=O) groups is 1. The van der Waals surface area contributed by atoms with Gasteiger partial charge in [0.1, 0.15) is 5.82 Å². The van der Waals surface area contributed by atoms with Crippen molar-refractivity contribution in [2.75, 3.05) is 5.32 Å². The molecule has 26 heavy (non-hydrogen) atoms. The minimum atomic E-state index is -0.472. The average molecular weight is 372 g/mol. The predicted molar refractivity (Wildman–Crippen MR) is 102 cm³/mol.